The highest BCUT2D eigenvalue weighted by atomic mass is 35.5. The fourth-order valence-corrected chi connectivity index (χ4v) is 8.51. The fourth-order valence-electron chi connectivity index (χ4n) is 7.41. The average molecular weight is 1050 g/mol. The number of nitrogen functional groups attached to an aromatic ring is 2. The summed E-state index contributed by atoms with van der Waals surface area (Å²) in [5.74, 6) is -0.350. The largest absolute Gasteiger partial charge is 0.478 e. The summed E-state index contributed by atoms with van der Waals surface area (Å²) in [6.07, 6.45) is 0.489. The molecule has 0 spiro atoms. The Morgan fingerprint density at radius 3 is 1.47 bits per heavy atom. The Balaban J connectivity index is 0.000000245. The van der Waals surface area contributed by atoms with Gasteiger partial charge in [-0.2, -0.15) is 13.2 Å². The number of carboxylic acids is 1. The zero-order valence-corrected chi connectivity index (χ0v) is 41.4. The van der Waals surface area contributed by atoms with Gasteiger partial charge in [-0.05, 0) is 75.1 Å². The summed E-state index contributed by atoms with van der Waals surface area (Å²) in [7, 11) is 0. The second-order valence-corrected chi connectivity index (χ2v) is 17.6. The van der Waals surface area contributed by atoms with Gasteiger partial charge in [0, 0.05) is 54.8 Å². The van der Waals surface area contributed by atoms with Crippen LogP contribution in [0.15, 0.2) is 86.5 Å². The lowest BCUT2D eigenvalue weighted by molar-refractivity contribution is -0.156. The molecular formula is C47H51Cl4F3N10O6. The van der Waals surface area contributed by atoms with Gasteiger partial charge in [0.15, 0.2) is 0 Å². The Hall–Kier alpha value is -6.41. The van der Waals surface area contributed by atoms with Crippen LogP contribution in [0, 0.1) is 0 Å². The van der Waals surface area contributed by atoms with Crippen LogP contribution >= 0.6 is 46.4 Å². The van der Waals surface area contributed by atoms with E-state index in [4.69, 9.17) is 73.9 Å². The molecule has 6 heterocycles. The van der Waals surface area contributed by atoms with Crippen molar-refractivity contribution in [3.63, 3.8) is 0 Å². The van der Waals surface area contributed by atoms with Crippen molar-refractivity contribution in [2.75, 3.05) is 37.6 Å². The van der Waals surface area contributed by atoms with Crippen LogP contribution in [0.1, 0.15) is 60.9 Å². The highest BCUT2D eigenvalue weighted by molar-refractivity contribution is 6.36. The molecule has 2 atom stereocenters. The number of amides is 2. The van der Waals surface area contributed by atoms with E-state index in [1.165, 1.54) is 18.7 Å². The molecule has 8 rings (SSSR count). The Morgan fingerprint density at radius 1 is 0.757 bits per heavy atom. The molecule has 70 heavy (non-hydrogen) atoms. The molecule has 2 aliphatic heterocycles. The normalized spacial score (nSPS) is 15.4. The zero-order valence-electron chi connectivity index (χ0n) is 39.4. The van der Waals surface area contributed by atoms with Crippen LogP contribution < -0.4 is 11.5 Å². The van der Waals surface area contributed by atoms with Crippen LogP contribution in [0.5, 0.6) is 0 Å². The minimum absolute atomic E-state index is 0.000694. The van der Waals surface area contributed by atoms with Gasteiger partial charge >= 0.3 is 18.2 Å². The number of aromatic nitrogens is 6. The number of aldehydes is 1. The van der Waals surface area contributed by atoms with E-state index < -0.39 is 24.0 Å². The fraction of sp³-hybridized carbons (Fsp3) is 0.319. The quantitative estimate of drug-likeness (QED) is 0.105. The van der Waals surface area contributed by atoms with Gasteiger partial charge < -0.3 is 40.2 Å². The predicted octanol–water partition coefficient (Wildman–Crippen LogP) is 11.1. The molecular weight excluding hydrogens is 999 g/mol. The number of fused-ring (bicyclic) bond motifs is 2. The number of carbonyl (C=O) groups is 4. The maximum absolute atomic E-state index is 12.5. The highest BCUT2D eigenvalue weighted by Crippen LogP contribution is 2.44. The summed E-state index contributed by atoms with van der Waals surface area (Å²) in [5, 5.41) is 11.3. The Kier molecular flexibility index (Phi) is 19.0. The van der Waals surface area contributed by atoms with Gasteiger partial charge in [0.1, 0.15) is 51.5 Å². The van der Waals surface area contributed by atoms with Crippen molar-refractivity contribution in [2.24, 2.45) is 0 Å². The van der Waals surface area contributed by atoms with E-state index in [-0.39, 0.29) is 24.1 Å². The molecule has 23 heteroatoms. The third-order valence-corrected chi connectivity index (χ3v) is 11.5. The van der Waals surface area contributed by atoms with E-state index in [2.05, 4.69) is 33.1 Å². The maximum Gasteiger partial charge on any atom is 0.446 e. The van der Waals surface area contributed by atoms with Gasteiger partial charge in [-0.15, -0.1) is 0 Å². The van der Waals surface area contributed by atoms with Crippen molar-refractivity contribution in [3.05, 3.63) is 107 Å². The standard InChI is InChI=1S/C21H23Cl2N5O2.C19H17Cl2N5O.C3H4O2.C2HF3O.C2H6/c1-21(2,3)30-20(29)27-9-8-14(10-27)28-17(23)15(12-4-6-13(22)7-5-12)16-18(24)25-11-26-19(16)28;1-2-14(27)25-8-7-13(9-25)26-17(21)15(11-3-5-12(20)6-4-11)16-18(22)23-10-24-19(16)26;1-2-3(4)5;3-2(4,5)1-6;1-2/h4-7,11,14H,8-10H2,1-3H3,(H2,24,25,26);2-6,10,13H,1,7-9H2,(H2,22,23,24);2H,1H2,(H,4,5);1H;1-2H3/t14-;13-;;;/m11.../s1/i;;;;1D. The van der Waals surface area contributed by atoms with Crippen LogP contribution in [0.4, 0.5) is 29.6 Å². The lowest BCUT2D eigenvalue weighted by Gasteiger charge is -2.24. The third-order valence-electron chi connectivity index (χ3n) is 10.3. The van der Waals surface area contributed by atoms with Gasteiger partial charge in [-0.1, -0.05) is 97.7 Å². The zero-order chi connectivity index (χ0) is 53.0. The van der Waals surface area contributed by atoms with Crippen molar-refractivity contribution < 1.29 is 43.6 Å². The van der Waals surface area contributed by atoms with Gasteiger partial charge in [0.2, 0.25) is 12.2 Å². The number of alkyl halides is 3. The van der Waals surface area contributed by atoms with Crippen LogP contribution in [0.2, 0.25) is 20.4 Å². The van der Waals surface area contributed by atoms with E-state index in [9.17, 15) is 27.6 Å². The molecule has 2 amide bonds. The number of likely N-dealkylation sites (tertiary alicyclic amines) is 2. The third kappa shape index (κ3) is 13.9. The van der Waals surface area contributed by atoms with Crippen molar-refractivity contribution in [1.29, 1.82) is 0 Å². The van der Waals surface area contributed by atoms with E-state index in [1.54, 1.807) is 41.0 Å². The second-order valence-electron chi connectivity index (χ2n) is 16.0. The molecule has 16 nitrogen and oxygen atoms in total. The predicted molar refractivity (Wildman–Crippen MR) is 268 cm³/mol. The molecule has 2 aliphatic rings. The topological polar surface area (TPSA) is 218 Å². The summed E-state index contributed by atoms with van der Waals surface area (Å²) in [5.41, 5.74) is 16.4. The number of hydrogen-bond donors (Lipinski definition) is 3. The number of nitrogens with zero attached hydrogens (tertiary/aromatic N) is 8. The van der Waals surface area contributed by atoms with Crippen molar-refractivity contribution in [1.82, 2.24) is 38.9 Å². The van der Waals surface area contributed by atoms with E-state index in [1.807, 2.05) is 54.2 Å². The maximum atomic E-state index is 12.5. The van der Waals surface area contributed by atoms with Crippen molar-refractivity contribution in [3.8, 4) is 22.3 Å². The number of carboxylic acid groups (broad SMARTS) is 1. The van der Waals surface area contributed by atoms with Gasteiger partial charge in [0.25, 0.3) is 0 Å². The molecule has 0 bridgehead atoms. The molecule has 2 aromatic carbocycles. The molecule has 2 saturated heterocycles. The lowest BCUT2D eigenvalue weighted by atomic mass is 10.1. The first kappa shape index (κ1) is 54.5. The molecule has 0 aliphatic carbocycles. The first-order valence-corrected chi connectivity index (χ1v) is 22.6. The number of carbonyl (C=O) groups excluding carboxylic acids is 3. The van der Waals surface area contributed by atoms with Gasteiger partial charge in [0.05, 0.1) is 22.9 Å². The Labute approximate surface area is 423 Å². The molecule has 0 saturated carbocycles. The summed E-state index contributed by atoms with van der Waals surface area (Å²) in [6, 6.07) is 14.7. The SMILES string of the molecule is C=CC(=O)N1CC[C@@H](n2c(Cl)c(-c3ccc(Cl)cc3)c3c(N)ncnc32)C1.C=CC(=O)O.CC(C)(C)OC(=O)N1CC[C@@H](n2c(Cl)c(-c3ccc(Cl)cc3)c3c(N)ncnc32)C1.O=CC(F)(F)F.[2H]CC. The molecule has 5 N–H and O–H groups in total. The van der Waals surface area contributed by atoms with Crippen LogP contribution in [0.25, 0.3) is 44.3 Å². The first-order valence-electron chi connectivity index (χ1n) is 21.8. The summed E-state index contributed by atoms with van der Waals surface area (Å²) in [6.45, 7) is 16.6. The first-order chi connectivity index (χ1) is 33.4. The van der Waals surface area contributed by atoms with Crippen molar-refractivity contribution >= 4 is 104 Å². The Morgan fingerprint density at radius 2 is 1.13 bits per heavy atom. The average Bonchev–Trinajstić information content (AvgIpc) is 4.12. The van der Waals surface area contributed by atoms with E-state index in [0.717, 1.165) is 41.2 Å². The molecule has 6 aromatic rings. The van der Waals surface area contributed by atoms with E-state index >= 15 is 0 Å². The smallest absolute Gasteiger partial charge is 0.446 e. The number of benzene rings is 2. The molecule has 4 aromatic heterocycles. The minimum atomic E-state index is -4.64. The van der Waals surface area contributed by atoms with Crippen LogP contribution in [0.3, 0.4) is 0 Å². The lowest BCUT2D eigenvalue weighted by Crippen LogP contribution is -2.35. The summed E-state index contributed by atoms with van der Waals surface area (Å²) < 4.78 is 46.9. The molecule has 0 unspecified atom stereocenters. The van der Waals surface area contributed by atoms with Crippen molar-refractivity contribution in [2.45, 2.75) is 71.3 Å². The number of halogens is 7. The number of nitrogens with two attached hydrogens (primary N) is 2. The van der Waals surface area contributed by atoms with E-state index in [0.29, 0.717) is 87.1 Å². The van der Waals surface area contributed by atoms with Crippen LogP contribution in [-0.2, 0) is 19.1 Å². The number of ether oxygens (including phenoxy) is 1. The molecule has 0 radical (unpaired) electrons. The highest BCUT2D eigenvalue weighted by Gasteiger charge is 2.35. The summed E-state index contributed by atoms with van der Waals surface area (Å²) in [4.78, 5) is 63.1. The van der Waals surface area contributed by atoms with Crippen LogP contribution in [-0.4, -0.2) is 106 Å². The van der Waals surface area contributed by atoms with Gasteiger partial charge in [-0.25, -0.2) is 29.5 Å². The molecule has 374 valence electrons. The number of rotatable bonds is 6. The number of anilines is 2. The Bertz CT molecular complexity index is 2860. The minimum Gasteiger partial charge on any atom is -0.478 e. The number of hydrogen-bond acceptors (Lipinski definition) is 11. The van der Waals surface area contributed by atoms with Gasteiger partial charge in [-0.3, -0.25) is 9.59 Å². The summed E-state index contributed by atoms with van der Waals surface area (Å²) >= 11 is 25.8. The second kappa shape index (κ2) is 24.4. The molecule has 2 fully saturated rings. The monoisotopic (exact) mass is 1050 g/mol. The number of aliphatic carboxylic acids is 1.